The Morgan fingerprint density at radius 1 is 1.40 bits per heavy atom. The molecular formula is C15H20N2O2S. The van der Waals surface area contributed by atoms with Crippen LogP contribution >= 0.6 is 11.3 Å². The van der Waals surface area contributed by atoms with Crippen molar-refractivity contribution in [2.75, 3.05) is 26.8 Å². The van der Waals surface area contributed by atoms with Crippen LogP contribution in [0.25, 0.3) is 10.6 Å². The summed E-state index contributed by atoms with van der Waals surface area (Å²) in [5.41, 5.74) is 2.12. The van der Waals surface area contributed by atoms with E-state index in [1.807, 2.05) is 24.3 Å². The van der Waals surface area contributed by atoms with Crippen LogP contribution in [0.3, 0.4) is 0 Å². The van der Waals surface area contributed by atoms with Crippen LogP contribution in [0.1, 0.15) is 12.6 Å². The molecule has 0 aliphatic rings. The van der Waals surface area contributed by atoms with Gasteiger partial charge in [-0.15, -0.1) is 11.3 Å². The highest BCUT2D eigenvalue weighted by molar-refractivity contribution is 7.13. The number of benzene rings is 1. The van der Waals surface area contributed by atoms with Crippen LogP contribution in [0.5, 0.6) is 5.75 Å². The summed E-state index contributed by atoms with van der Waals surface area (Å²) in [5.74, 6) is 0.842. The average molecular weight is 292 g/mol. The maximum absolute atomic E-state index is 9.01. The largest absolute Gasteiger partial charge is 0.497 e. The van der Waals surface area contributed by atoms with Gasteiger partial charge in [-0.3, -0.25) is 4.90 Å². The van der Waals surface area contributed by atoms with E-state index < -0.39 is 0 Å². The van der Waals surface area contributed by atoms with E-state index in [4.69, 9.17) is 9.84 Å². The second-order valence-electron chi connectivity index (χ2n) is 4.47. The number of likely N-dealkylation sites (N-methyl/N-ethyl adjacent to an activating group) is 1. The highest BCUT2D eigenvalue weighted by Crippen LogP contribution is 2.27. The number of aliphatic hydroxyl groups is 1. The first-order valence-electron chi connectivity index (χ1n) is 6.69. The molecule has 108 valence electrons. The molecule has 0 amide bonds. The molecule has 5 heteroatoms. The van der Waals surface area contributed by atoms with Gasteiger partial charge in [0.25, 0.3) is 0 Å². The topological polar surface area (TPSA) is 45.6 Å². The van der Waals surface area contributed by atoms with Crippen molar-refractivity contribution >= 4 is 11.3 Å². The molecule has 1 aromatic heterocycles. The van der Waals surface area contributed by atoms with Crippen LogP contribution in [-0.4, -0.2) is 41.8 Å². The Bertz CT molecular complexity index is 542. The van der Waals surface area contributed by atoms with Crippen LogP contribution in [-0.2, 0) is 6.54 Å². The third-order valence-electron chi connectivity index (χ3n) is 3.12. The number of hydrogen-bond donors (Lipinski definition) is 1. The molecule has 20 heavy (non-hydrogen) atoms. The van der Waals surface area contributed by atoms with Gasteiger partial charge in [0.05, 0.1) is 19.4 Å². The summed E-state index contributed by atoms with van der Waals surface area (Å²) in [7, 11) is 1.67. The number of ether oxygens (including phenoxy) is 1. The van der Waals surface area contributed by atoms with Crippen molar-refractivity contribution in [3.8, 4) is 16.3 Å². The average Bonchev–Trinajstić information content (AvgIpc) is 2.95. The van der Waals surface area contributed by atoms with Gasteiger partial charge in [-0.1, -0.05) is 19.1 Å². The smallest absolute Gasteiger partial charge is 0.123 e. The Morgan fingerprint density at radius 2 is 2.25 bits per heavy atom. The standard InChI is InChI=1S/C15H20N2O2S/c1-3-17(7-8-18)10-13-11-20-15(16-13)12-5-4-6-14(9-12)19-2/h4-6,9,11,18H,3,7-8,10H2,1-2H3. The van der Waals surface area contributed by atoms with Gasteiger partial charge in [0, 0.05) is 24.0 Å². The molecule has 2 rings (SSSR count). The maximum Gasteiger partial charge on any atom is 0.123 e. The van der Waals surface area contributed by atoms with E-state index in [0.29, 0.717) is 6.54 Å². The molecule has 1 heterocycles. The van der Waals surface area contributed by atoms with Crippen LogP contribution < -0.4 is 4.74 Å². The molecule has 2 aromatic rings. The summed E-state index contributed by atoms with van der Waals surface area (Å²) in [5, 5.41) is 12.1. The SMILES string of the molecule is CCN(CCO)Cc1csc(-c2cccc(OC)c2)n1. The summed E-state index contributed by atoms with van der Waals surface area (Å²) < 4.78 is 5.24. The first-order valence-corrected chi connectivity index (χ1v) is 7.56. The van der Waals surface area contributed by atoms with Crippen molar-refractivity contribution in [1.29, 1.82) is 0 Å². The molecule has 0 saturated heterocycles. The first kappa shape index (κ1) is 15.0. The molecule has 0 bridgehead atoms. The van der Waals surface area contributed by atoms with Gasteiger partial charge in [-0.25, -0.2) is 4.98 Å². The van der Waals surface area contributed by atoms with Crippen molar-refractivity contribution in [3.63, 3.8) is 0 Å². The molecule has 0 aliphatic heterocycles. The number of thiazole rings is 1. The number of aromatic nitrogens is 1. The minimum absolute atomic E-state index is 0.181. The van der Waals surface area contributed by atoms with E-state index in [1.54, 1.807) is 18.4 Å². The van der Waals surface area contributed by atoms with Gasteiger partial charge in [0.2, 0.25) is 0 Å². The predicted octanol–water partition coefficient (Wildman–Crippen LogP) is 2.63. The number of rotatable bonds is 7. The zero-order valence-corrected chi connectivity index (χ0v) is 12.7. The Balaban J connectivity index is 2.11. The molecule has 4 nitrogen and oxygen atoms in total. The summed E-state index contributed by atoms with van der Waals surface area (Å²) in [6, 6.07) is 7.93. The molecule has 0 saturated carbocycles. The second-order valence-corrected chi connectivity index (χ2v) is 5.33. The van der Waals surface area contributed by atoms with Gasteiger partial charge in [-0.2, -0.15) is 0 Å². The third kappa shape index (κ3) is 3.79. The normalized spacial score (nSPS) is 11.0. The van der Waals surface area contributed by atoms with Gasteiger partial charge >= 0.3 is 0 Å². The Kier molecular flexibility index (Phi) is 5.52. The van der Waals surface area contributed by atoms with Gasteiger partial charge in [0.15, 0.2) is 0 Å². The molecule has 0 fully saturated rings. The number of aliphatic hydroxyl groups excluding tert-OH is 1. The van der Waals surface area contributed by atoms with Crippen molar-refractivity contribution in [1.82, 2.24) is 9.88 Å². The fraction of sp³-hybridized carbons (Fsp3) is 0.400. The zero-order chi connectivity index (χ0) is 14.4. The highest BCUT2D eigenvalue weighted by Gasteiger charge is 2.09. The first-order chi connectivity index (χ1) is 9.76. The lowest BCUT2D eigenvalue weighted by Crippen LogP contribution is -2.26. The number of methoxy groups -OCH3 is 1. The lowest BCUT2D eigenvalue weighted by Gasteiger charge is -2.17. The number of hydrogen-bond acceptors (Lipinski definition) is 5. The van der Waals surface area contributed by atoms with Gasteiger partial charge < -0.3 is 9.84 Å². The highest BCUT2D eigenvalue weighted by atomic mass is 32.1. The minimum Gasteiger partial charge on any atom is -0.497 e. The quantitative estimate of drug-likeness (QED) is 0.852. The van der Waals surface area contributed by atoms with Gasteiger partial charge in [0.1, 0.15) is 10.8 Å². The molecule has 1 N–H and O–H groups in total. The van der Waals surface area contributed by atoms with Gasteiger partial charge in [-0.05, 0) is 18.7 Å². The molecule has 0 aliphatic carbocycles. The maximum atomic E-state index is 9.01. The molecular weight excluding hydrogens is 272 g/mol. The third-order valence-corrected chi connectivity index (χ3v) is 4.06. The monoisotopic (exact) mass is 292 g/mol. The Labute approximate surface area is 123 Å². The minimum atomic E-state index is 0.181. The molecule has 0 unspecified atom stereocenters. The van der Waals surface area contributed by atoms with E-state index in [9.17, 15) is 0 Å². The number of nitrogens with zero attached hydrogens (tertiary/aromatic N) is 2. The molecule has 0 spiro atoms. The molecule has 0 atom stereocenters. The van der Waals surface area contributed by atoms with Crippen LogP contribution in [0, 0.1) is 0 Å². The van der Waals surface area contributed by atoms with E-state index >= 15 is 0 Å². The summed E-state index contributed by atoms with van der Waals surface area (Å²) >= 11 is 1.64. The summed E-state index contributed by atoms with van der Waals surface area (Å²) in [6.07, 6.45) is 0. The molecule has 1 aromatic carbocycles. The summed E-state index contributed by atoms with van der Waals surface area (Å²) in [6.45, 7) is 4.64. The fourth-order valence-electron chi connectivity index (χ4n) is 1.99. The van der Waals surface area contributed by atoms with E-state index in [2.05, 4.69) is 22.2 Å². The Hall–Kier alpha value is -1.43. The van der Waals surface area contributed by atoms with Crippen LogP contribution in [0.2, 0.25) is 0 Å². The van der Waals surface area contributed by atoms with Crippen molar-refractivity contribution in [3.05, 3.63) is 35.3 Å². The lowest BCUT2D eigenvalue weighted by atomic mass is 10.2. The van der Waals surface area contributed by atoms with Crippen molar-refractivity contribution in [2.45, 2.75) is 13.5 Å². The van der Waals surface area contributed by atoms with E-state index in [-0.39, 0.29) is 6.61 Å². The zero-order valence-electron chi connectivity index (χ0n) is 11.9. The fourth-order valence-corrected chi connectivity index (χ4v) is 2.80. The van der Waals surface area contributed by atoms with E-state index in [1.165, 1.54) is 0 Å². The Morgan fingerprint density at radius 3 is 2.95 bits per heavy atom. The predicted molar refractivity (Wildman–Crippen MR) is 82.1 cm³/mol. The second kappa shape index (κ2) is 7.38. The summed E-state index contributed by atoms with van der Waals surface area (Å²) in [4.78, 5) is 6.84. The van der Waals surface area contributed by atoms with Crippen LogP contribution in [0.4, 0.5) is 0 Å². The van der Waals surface area contributed by atoms with Crippen molar-refractivity contribution < 1.29 is 9.84 Å². The molecule has 0 radical (unpaired) electrons. The van der Waals surface area contributed by atoms with Crippen molar-refractivity contribution in [2.24, 2.45) is 0 Å². The lowest BCUT2D eigenvalue weighted by molar-refractivity contribution is 0.195. The van der Waals surface area contributed by atoms with Crippen LogP contribution in [0.15, 0.2) is 29.6 Å². The van der Waals surface area contributed by atoms with E-state index in [0.717, 1.165) is 35.1 Å².